The van der Waals surface area contributed by atoms with Crippen molar-refractivity contribution < 1.29 is 29.3 Å². The van der Waals surface area contributed by atoms with Crippen molar-refractivity contribution in [1.29, 1.82) is 0 Å². The number of carbonyl (C=O) groups excluding carboxylic acids is 2. The summed E-state index contributed by atoms with van der Waals surface area (Å²) in [4.78, 5) is 35.8. The van der Waals surface area contributed by atoms with Crippen LogP contribution in [0.1, 0.15) is 50.2 Å². The van der Waals surface area contributed by atoms with Crippen molar-refractivity contribution in [3.05, 3.63) is 59.7 Å². The van der Waals surface area contributed by atoms with Crippen molar-refractivity contribution in [1.82, 2.24) is 10.6 Å². The van der Waals surface area contributed by atoms with Crippen LogP contribution in [0.15, 0.2) is 48.5 Å². The summed E-state index contributed by atoms with van der Waals surface area (Å²) in [5.41, 5.74) is 2.97. The van der Waals surface area contributed by atoms with E-state index in [4.69, 9.17) is 9.84 Å². The standard InChI is InChI=1S/C26H32N2O6/c1-3-8-17(24(31)28-16-26(2,33)13-23(29)30)14-27-25(32)34-15-22-20-11-6-4-9-18(20)19-10-5-7-12-21(19)22/h4-7,9-12,17,22,33H,3,8,13-16H2,1-2H3,(H,27,32)(H,28,31)(H,29,30). The minimum absolute atomic E-state index is 0.0515. The Kier molecular flexibility index (Phi) is 8.28. The van der Waals surface area contributed by atoms with E-state index in [-0.39, 0.29) is 31.5 Å². The fraction of sp³-hybridized carbons (Fsp3) is 0.423. The molecule has 0 radical (unpaired) electrons. The average Bonchev–Trinajstić information content (AvgIpc) is 3.12. The molecule has 0 saturated carbocycles. The Hall–Kier alpha value is -3.39. The molecule has 0 saturated heterocycles. The van der Waals surface area contributed by atoms with Crippen molar-refractivity contribution in [2.24, 2.45) is 5.92 Å². The van der Waals surface area contributed by atoms with Crippen LogP contribution in [0.2, 0.25) is 0 Å². The molecule has 2 atom stereocenters. The number of carboxylic acids is 1. The molecule has 1 aliphatic rings. The van der Waals surface area contributed by atoms with E-state index in [2.05, 4.69) is 22.8 Å². The van der Waals surface area contributed by atoms with Crippen molar-refractivity contribution in [2.45, 2.75) is 44.6 Å². The number of aliphatic carboxylic acids is 1. The summed E-state index contributed by atoms with van der Waals surface area (Å²) in [7, 11) is 0. The molecule has 2 amide bonds. The number of carbonyl (C=O) groups is 3. The first-order valence-corrected chi connectivity index (χ1v) is 11.5. The maximum Gasteiger partial charge on any atom is 0.407 e. The van der Waals surface area contributed by atoms with Crippen LogP contribution in [0, 0.1) is 5.92 Å². The minimum Gasteiger partial charge on any atom is -0.481 e. The smallest absolute Gasteiger partial charge is 0.407 e. The average molecular weight is 469 g/mol. The molecular weight excluding hydrogens is 436 g/mol. The third-order valence-corrected chi connectivity index (χ3v) is 6.02. The van der Waals surface area contributed by atoms with E-state index in [9.17, 15) is 19.5 Å². The van der Waals surface area contributed by atoms with Crippen LogP contribution >= 0.6 is 0 Å². The van der Waals surface area contributed by atoms with Gasteiger partial charge < -0.3 is 25.6 Å². The highest BCUT2D eigenvalue weighted by Crippen LogP contribution is 2.44. The molecule has 3 rings (SSSR count). The molecule has 8 nitrogen and oxygen atoms in total. The highest BCUT2D eigenvalue weighted by molar-refractivity contribution is 5.80. The monoisotopic (exact) mass is 468 g/mol. The Morgan fingerprint density at radius 1 is 1.03 bits per heavy atom. The van der Waals surface area contributed by atoms with E-state index in [0.29, 0.717) is 6.42 Å². The van der Waals surface area contributed by atoms with Gasteiger partial charge in [0.2, 0.25) is 5.91 Å². The number of fused-ring (bicyclic) bond motifs is 3. The molecule has 0 aliphatic heterocycles. The second kappa shape index (κ2) is 11.2. The van der Waals surface area contributed by atoms with Gasteiger partial charge in [0.15, 0.2) is 0 Å². The van der Waals surface area contributed by atoms with Gasteiger partial charge in [-0.3, -0.25) is 9.59 Å². The van der Waals surface area contributed by atoms with Crippen LogP contribution in [0.3, 0.4) is 0 Å². The zero-order chi connectivity index (χ0) is 24.7. The molecule has 8 heteroatoms. The molecule has 1 aliphatic carbocycles. The first-order valence-electron chi connectivity index (χ1n) is 11.5. The van der Waals surface area contributed by atoms with Gasteiger partial charge in [-0.05, 0) is 35.6 Å². The van der Waals surface area contributed by atoms with E-state index in [0.717, 1.165) is 28.7 Å². The van der Waals surface area contributed by atoms with Gasteiger partial charge in [0.1, 0.15) is 6.61 Å². The first-order chi connectivity index (χ1) is 16.2. The van der Waals surface area contributed by atoms with Gasteiger partial charge in [-0.1, -0.05) is 61.9 Å². The quantitative estimate of drug-likeness (QED) is 0.401. The minimum atomic E-state index is -1.56. The van der Waals surface area contributed by atoms with Gasteiger partial charge in [0, 0.05) is 19.0 Å². The maximum atomic E-state index is 12.6. The van der Waals surface area contributed by atoms with Crippen LogP contribution in [-0.4, -0.2) is 53.5 Å². The fourth-order valence-electron chi connectivity index (χ4n) is 4.34. The number of aliphatic hydroxyl groups is 1. The van der Waals surface area contributed by atoms with Crippen LogP contribution in [0.25, 0.3) is 11.1 Å². The third kappa shape index (κ3) is 6.35. The number of carboxylic acid groups (broad SMARTS) is 1. The molecule has 0 fully saturated rings. The predicted octanol–water partition coefficient (Wildman–Crippen LogP) is 3.28. The molecule has 2 aromatic rings. The Bertz CT molecular complexity index is 990. The SMILES string of the molecule is CCCC(CNC(=O)OCC1c2ccccc2-c2ccccc21)C(=O)NCC(C)(O)CC(=O)O. The summed E-state index contributed by atoms with van der Waals surface area (Å²) in [5.74, 6) is -2.08. The summed E-state index contributed by atoms with van der Waals surface area (Å²) in [6, 6.07) is 16.1. The topological polar surface area (TPSA) is 125 Å². The maximum absolute atomic E-state index is 12.6. The lowest BCUT2D eigenvalue weighted by Crippen LogP contribution is -2.46. The fourth-order valence-corrected chi connectivity index (χ4v) is 4.34. The zero-order valence-corrected chi connectivity index (χ0v) is 19.5. The number of ether oxygens (including phenoxy) is 1. The van der Waals surface area contributed by atoms with Gasteiger partial charge in [0.25, 0.3) is 0 Å². The first kappa shape index (κ1) is 25.2. The molecular formula is C26H32N2O6. The second-order valence-electron chi connectivity index (χ2n) is 8.98. The lowest BCUT2D eigenvalue weighted by atomic mass is 9.98. The molecule has 0 heterocycles. The molecule has 0 spiro atoms. The summed E-state index contributed by atoms with van der Waals surface area (Å²) in [6.07, 6.45) is 0.157. The van der Waals surface area contributed by atoms with Gasteiger partial charge >= 0.3 is 12.1 Å². The summed E-state index contributed by atoms with van der Waals surface area (Å²) < 4.78 is 5.52. The van der Waals surface area contributed by atoms with E-state index in [1.54, 1.807) is 0 Å². The number of alkyl carbamates (subject to hydrolysis) is 1. The van der Waals surface area contributed by atoms with Gasteiger partial charge in [-0.25, -0.2) is 4.79 Å². The van der Waals surface area contributed by atoms with Crippen LogP contribution in [0.5, 0.6) is 0 Å². The van der Waals surface area contributed by atoms with E-state index in [1.165, 1.54) is 6.92 Å². The summed E-state index contributed by atoms with van der Waals surface area (Å²) >= 11 is 0. The largest absolute Gasteiger partial charge is 0.481 e. The van der Waals surface area contributed by atoms with Crippen molar-refractivity contribution in [3.63, 3.8) is 0 Å². The Labute approximate surface area is 199 Å². The highest BCUT2D eigenvalue weighted by Gasteiger charge is 2.30. The molecule has 34 heavy (non-hydrogen) atoms. The van der Waals surface area contributed by atoms with E-state index < -0.39 is 30.0 Å². The number of hydrogen-bond donors (Lipinski definition) is 4. The number of benzene rings is 2. The number of nitrogens with one attached hydrogen (secondary N) is 2. The van der Waals surface area contributed by atoms with E-state index >= 15 is 0 Å². The summed E-state index contributed by atoms with van der Waals surface area (Å²) in [6.45, 7) is 3.35. The summed E-state index contributed by atoms with van der Waals surface area (Å²) in [5, 5.41) is 24.2. The van der Waals surface area contributed by atoms with Crippen molar-refractivity contribution in [2.75, 3.05) is 19.7 Å². The molecule has 2 unspecified atom stereocenters. The lowest BCUT2D eigenvalue weighted by molar-refractivity contribution is -0.142. The van der Waals surface area contributed by atoms with Gasteiger partial charge in [-0.15, -0.1) is 0 Å². The van der Waals surface area contributed by atoms with Crippen molar-refractivity contribution >= 4 is 18.0 Å². The molecule has 4 N–H and O–H groups in total. The Morgan fingerprint density at radius 2 is 1.62 bits per heavy atom. The normalized spacial score (nSPS) is 14.9. The predicted molar refractivity (Wildman–Crippen MR) is 127 cm³/mol. The molecule has 2 aromatic carbocycles. The number of amides is 2. The molecule has 0 aromatic heterocycles. The van der Waals surface area contributed by atoms with Crippen molar-refractivity contribution in [3.8, 4) is 11.1 Å². The highest BCUT2D eigenvalue weighted by atomic mass is 16.5. The van der Waals surface area contributed by atoms with Gasteiger partial charge in [-0.2, -0.15) is 0 Å². The zero-order valence-electron chi connectivity index (χ0n) is 19.5. The molecule has 182 valence electrons. The lowest BCUT2D eigenvalue weighted by Gasteiger charge is -2.24. The van der Waals surface area contributed by atoms with Crippen LogP contribution in [0.4, 0.5) is 4.79 Å². The van der Waals surface area contributed by atoms with Gasteiger partial charge in [0.05, 0.1) is 17.9 Å². The van der Waals surface area contributed by atoms with E-state index in [1.807, 2.05) is 43.3 Å². The van der Waals surface area contributed by atoms with Crippen LogP contribution in [-0.2, 0) is 14.3 Å². The van der Waals surface area contributed by atoms with Crippen LogP contribution < -0.4 is 10.6 Å². The number of hydrogen-bond acceptors (Lipinski definition) is 5. The molecule has 0 bridgehead atoms. The second-order valence-corrected chi connectivity index (χ2v) is 8.98. The number of rotatable bonds is 11. The Balaban J connectivity index is 1.53. The third-order valence-electron chi connectivity index (χ3n) is 6.02. The Morgan fingerprint density at radius 3 is 2.18 bits per heavy atom.